The summed E-state index contributed by atoms with van der Waals surface area (Å²) in [6.07, 6.45) is 2.12. The lowest BCUT2D eigenvalue weighted by Gasteiger charge is -2.26. The van der Waals surface area contributed by atoms with Crippen molar-refractivity contribution < 1.29 is 10.1 Å². The number of hydrogen-bond donors (Lipinski definition) is 2. The smallest absolute Gasteiger partial charge is 0.293 e. The van der Waals surface area contributed by atoms with Gasteiger partial charge in [-0.3, -0.25) is 10.1 Å². The van der Waals surface area contributed by atoms with Gasteiger partial charge in [0.1, 0.15) is 5.69 Å². The van der Waals surface area contributed by atoms with Crippen molar-refractivity contribution in [2.24, 2.45) is 16.8 Å². The van der Waals surface area contributed by atoms with Crippen molar-refractivity contribution in [2.45, 2.75) is 32.7 Å². The van der Waals surface area contributed by atoms with Crippen molar-refractivity contribution >= 4 is 17.2 Å². The molecule has 1 fully saturated rings. The lowest BCUT2D eigenvalue weighted by atomic mass is 10.1. The molecule has 21 heavy (non-hydrogen) atoms. The number of nitrogens with two attached hydrogens (primary N) is 1. The predicted molar refractivity (Wildman–Crippen MR) is 80.8 cm³/mol. The van der Waals surface area contributed by atoms with Crippen LogP contribution in [0.2, 0.25) is 0 Å². The maximum absolute atomic E-state index is 11.4. The fourth-order valence-electron chi connectivity index (χ4n) is 2.35. The van der Waals surface area contributed by atoms with E-state index in [9.17, 15) is 10.1 Å². The SMILES string of the molecule is CC(C)CN(c1ccc(C(N)=NO)cc1[N+](=O)[O-])C1CC1. The average Bonchev–Trinajstić information content (AvgIpc) is 3.27. The summed E-state index contributed by atoms with van der Waals surface area (Å²) in [4.78, 5) is 13.0. The molecule has 0 heterocycles. The first-order valence-electron chi connectivity index (χ1n) is 6.97. The van der Waals surface area contributed by atoms with Crippen molar-refractivity contribution in [1.29, 1.82) is 0 Å². The van der Waals surface area contributed by atoms with Gasteiger partial charge in [0, 0.05) is 24.2 Å². The van der Waals surface area contributed by atoms with Gasteiger partial charge in [-0.15, -0.1) is 0 Å². The summed E-state index contributed by atoms with van der Waals surface area (Å²) in [5.41, 5.74) is 6.44. The van der Waals surface area contributed by atoms with Gasteiger partial charge in [0.2, 0.25) is 0 Å². The van der Waals surface area contributed by atoms with Crippen LogP contribution in [-0.4, -0.2) is 28.6 Å². The average molecular weight is 292 g/mol. The minimum absolute atomic E-state index is 0.00773. The van der Waals surface area contributed by atoms with E-state index in [1.807, 2.05) is 0 Å². The highest BCUT2D eigenvalue weighted by Crippen LogP contribution is 2.37. The Labute approximate surface area is 123 Å². The van der Waals surface area contributed by atoms with Crippen molar-refractivity contribution in [3.05, 3.63) is 33.9 Å². The molecule has 0 aliphatic heterocycles. The zero-order valence-corrected chi connectivity index (χ0v) is 12.2. The second kappa shape index (κ2) is 5.99. The molecule has 0 atom stereocenters. The topological polar surface area (TPSA) is 105 Å². The largest absolute Gasteiger partial charge is 0.409 e. The number of benzene rings is 1. The van der Waals surface area contributed by atoms with Crippen LogP contribution in [0.4, 0.5) is 11.4 Å². The van der Waals surface area contributed by atoms with E-state index < -0.39 is 4.92 Å². The molecule has 0 bridgehead atoms. The summed E-state index contributed by atoms with van der Waals surface area (Å²) < 4.78 is 0. The Hall–Kier alpha value is -2.31. The number of oxime groups is 1. The normalized spacial score (nSPS) is 15.3. The third kappa shape index (κ3) is 3.42. The lowest BCUT2D eigenvalue weighted by molar-refractivity contribution is -0.384. The Kier molecular flexibility index (Phi) is 4.30. The Morgan fingerprint density at radius 3 is 2.71 bits per heavy atom. The molecular weight excluding hydrogens is 272 g/mol. The van der Waals surface area contributed by atoms with E-state index in [1.54, 1.807) is 12.1 Å². The third-order valence-electron chi connectivity index (χ3n) is 3.43. The van der Waals surface area contributed by atoms with Gasteiger partial charge < -0.3 is 15.8 Å². The van der Waals surface area contributed by atoms with Gasteiger partial charge in [-0.2, -0.15) is 0 Å². The van der Waals surface area contributed by atoms with Gasteiger partial charge in [0.15, 0.2) is 5.84 Å². The molecule has 1 saturated carbocycles. The number of amidine groups is 1. The number of anilines is 1. The van der Waals surface area contributed by atoms with Crippen molar-refractivity contribution in [2.75, 3.05) is 11.4 Å². The number of nitro benzene ring substituents is 1. The van der Waals surface area contributed by atoms with E-state index in [2.05, 4.69) is 23.9 Å². The van der Waals surface area contributed by atoms with E-state index >= 15 is 0 Å². The number of nitro groups is 1. The standard InChI is InChI=1S/C14H20N4O3/c1-9(2)8-17(11-4-5-11)12-6-3-10(14(15)16-19)7-13(12)18(20)21/h3,6-7,9,11,19H,4-5,8H2,1-2H3,(H2,15,16). The second-order valence-corrected chi connectivity index (χ2v) is 5.72. The molecule has 0 spiro atoms. The highest BCUT2D eigenvalue weighted by atomic mass is 16.6. The molecule has 7 nitrogen and oxygen atoms in total. The summed E-state index contributed by atoms with van der Waals surface area (Å²) in [6.45, 7) is 4.95. The molecule has 114 valence electrons. The molecule has 3 N–H and O–H groups in total. The van der Waals surface area contributed by atoms with Crippen LogP contribution >= 0.6 is 0 Å². The van der Waals surface area contributed by atoms with Crippen LogP contribution in [0, 0.1) is 16.0 Å². The first kappa shape index (κ1) is 15.1. The molecule has 0 aromatic heterocycles. The minimum Gasteiger partial charge on any atom is -0.409 e. The summed E-state index contributed by atoms with van der Waals surface area (Å²) in [6, 6.07) is 5.07. The minimum atomic E-state index is -0.417. The monoisotopic (exact) mass is 292 g/mol. The predicted octanol–water partition coefficient (Wildman–Crippen LogP) is 2.31. The Balaban J connectivity index is 2.43. The molecule has 1 aromatic rings. The summed E-state index contributed by atoms with van der Waals surface area (Å²) in [7, 11) is 0. The van der Waals surface area contributed by atoms with E-state index in [1.165, 1.54) is 6.07 Å². The molecule has 1 aliphatic rings. The first-order valence-corrected chi connectivity index (χ1v) is 6.97. The maximum atomic E-state index is 11.4. The fraction of sp³-hybridized carbons (Fsp3) is 0.500. The van der Waals surface area contributed by atoms with Gasteiger partial charge >= 0.3 is 0 Å². The summed E-state index contributed by atoms with van der Waals surface area (Å²) in [5.74, 6) is 0.278. The molecule has 0 radical (unpaired) electrons. The van der Waals surface area contributed by atoms with Crippen LogP contribution in [0.25, 0.3) is 0 Å². The van der Waals surface area contributed by atoms with Crippen LogP contribution in [0.15, 0.2) is 23.4 Å². The fourth-order valence-corrected chi connectivity index (χ4v) is 2.35. The van der Waals surface area contributed by atoms with Crippen molar-refractivity contribution in [3.63, 3.8) is 0 Å². The molecule has 7 heteroatoms. The Morgan fingerprint density at radius 2 is 2.24 bits per heavy atom. The molecular formula is C14H20N4O3. The lowest BCUT2D eigenvalue weighted by Crippen LogP contribution is -2.30. The highest BCUT2D eigenvalue weighted by Gasteiger charge is 2.33. The van der Waals surface area contributed by atoms with Gasteiger partial charge in [-0.25, -0.2) is 0 Å². The summed E-state index contributed by atoms with van der Waals surface area (Å²) in [5, 5.41) is 22.9. The number of hydrogen-bond acceptors (Lipinski definition) is 5. The van der Waals surface area contributed by atoms with E-state index in [4.69, 9.17) is 10.9 Å². The van der Waals surface area contributed by atoms with Crippen LogP contribution in [0.3, 0.4) is 0 Å². The van der Waals surface area contributed by atoms with Gasteiger partial charge in [0.25, 0.3) is 5.69 Å². The van der Waals surface area contributed by atoms with Crippen LogP contribution < -0.4 is 10.6 Å². The molecule has 0 unspecified atom stereocenters. The van der Waals surface area contributed by atoms with Crippen molar-refractivity contribution in [1.82, 2.24) is 0 Å². The third-order valence-corrected chi connectivity index (χ3v) is 3.43. The number of nitrogens with zero attached hydrogens (tertiary/aromatic N) is 3. The first-order chi connectivity index (χ1) is 9.93. The Morgan fingerprint density at radius 1 is 1.57 bits per heavy atom. The van der Waals surface area contributed by atoms with Crippen LogP contribution in [-0.2, 0) is 0 Å². The summed E-state index contributed by atoms with van der Waals surface area (Å²) >= 11 is 0. The van der Waals surface area contributed by atoms with E-state index in [0.717, 1.165) is 19.4 Å². The second-order valence-electron chi connectivity index (χ2n) is 5.72. The van der Waals surface area contributed by atoms with Gasteiger partial charge in [0.05, 0.1) is 4.92 Å². The number of rotatable bonds is 6. The zero-order chi connectivity index (χ0) is 15.6. The molecule has 0 saturated heterocycles. The van der Waals surface area contributed by atoms with Crippen LogP contribution in [0.5, 0.6) is 0 Å². The Bertz CT molecular complexity index is 567. The molecule has 1 aliphatic carbocycles. The zero-order valence-electron chi connectivity index (χ0n) is 12.2. The van der Waals surface area contributed by atoms with E-state index in [-0.39, 0.29) is 11.5 Å². The molecule has 0 amide bonds. The quantitative estimate of drug-likeness (QED) is 0.275. The highest BCUT2D eigenvalue weighted by molar-refractivity contribution is 5.98. The molecule has 1 aromatic carbocycles. The maximum Gasteiger partial charge on any atom is 0.293 e. The van der Waals surface area contributed by atoms with Gasteiger partial charge in [-0.1, -0.05) is 19.0 Å². The van der Waals surface area contributed by atoms with Crippen molar-refractivity contribution in [3.8, 4) is 0 Å². The van der Waals surface area contributed by atoms with E-state index in [0.29, 0.717) is 23.2 Å². The molecule has 2 rings (SSSR count). The van der Waals surface area contributed by atoms with Gasteiger partial charge in [-0.05, 0) is 30.9 Å². The van der Waals surface area contributed by atoms with Crippen LogP contribution in [0.1, 0.15) is 32.3 Å².